The van der Waals surface area contributed by atoms with Crippen molar-refractivity contribution in [3.8, 4) is 11.8 Å². The van der Waals surface area contributed by atoms with E-state index in [1.54, 1.807) is 12.1 Å². The van der Waals surface area contributed by atoms with E-state index in [-0.39, 0.29) is 25.3 Å². The molecular formula is C10H10N2O4. The first-order chi connectivity index (χ1) is 7.65. The lowest BCUT2D eigenvalue weighted by molar-refractivity contribution is -0.137. The van der Waals surface area contributed by atoms with Crippen molar-refractivity contribution in [1.82, 2.24) is 4.57 Å². The summed E-state index contributed by atoms with van der Waals surface area (Å²) in [6.45, 7) is -0.129. The van der Waals surface area contributed by atoms with Crippen molar-refractivity contribution in [3.05, 3.63) is 28.7 Å². The lowest BCUT2D eigenvalue weighted by atomic mass is 10.4. The molecule has 0 radical (unpaired) electrons. The molecule has 0 amide bonds. The molecule has 0 aliphatic carbocycles. The third kappa shape index (κ3) is 3.13. The van der Waals surface area contributed by atoms with E-state index in [0.29, 0.717) is 0 Å². The van der Waals surface area contributed by atoms with Crippen molar-refractivity contribution in [2.45, 2.75) is 13.0 Å². The lowest BCUT2D eigenvalue weighted by Gasteiger charge is -2.06. The molecule has 1 aromatic heterocycles. The van der Waals surface area contributed by atoms with Gasteiger partial charge in [0, 0.05) is 12.7 Å². The van der Waals surface area contributed by atoms with Gasteiger partial charge < -0.3 is 14.4 Å². The molecule has 0 aromatic carbocycles. The Morgan fingerprint density at radius 3 is 3.00 bits per heavy atom. The predicted octanol–water partition coefficient (Wildman–Crippen LogP) is 0.225. The Balaban J connectivity index is 2.83. The van der Waals surface area contributed by atoms with E-state index in [1.807, 2.05) is 0 Å². The molecule has 0 aliphatic rings. The highest BCUT2D eigenvalue weighted by Gasteiger charge is 2.05. The topological polar surface area (TPSA) is 92.3 Å². The Bertz CT molecular complexity index is 472. The van der Waals surface area contributed by atoms with Gasteiger partial charge in [-0.1, -0.05) is 0 Å². The molecule has 0 fully saturated rings. The van der Waals surface area contributed by atoms with E-state index in [0.717, 1.165) is 0 Å². The Labute approximate surface area is 91.3 Å². The van der Waals surface area contributed by atoms with E-state index >= 15 is 0 Å². The molecule has 6 nitrogen and oxygen atoms in total. The van der Waals surface area contributed by atoms with Gasteiger partial charge in [0.2, 0.25) is 0 Å². The van der Waals surface area contributed by atoms with Gasteiger partial charge in [0.25, 0.3) is 5.56 Å². The molecule has 6 heteroatoms. The summed E-state index contributed by atoms with van der Waals surface area (Å²) in [7, 11) is 0. The van der Waals surface area contributed by atoms with E-state index in [4.69, 9.17) is 15.1 Å². The molecule has 0 unspecified atom stereocenters. The van der Waals surface area contributed by atoms with E-state index in [2.05, 4.69) is 0 Å². The summed E-state index contributed by atoms with van der Waals surface area (Å²) in [5, 5.41) is 16.8. The van der Waals surface area contributed by atoms with Gasteiger partial charge in [-0.15, -0.1) is 0 Å². The molecule has 1 heterocycles. The molecule has 0 aliphatic heterocycles. The van der Waals surface area contributed by atoms with Crippen molar-refractivity contribution >= 4 is 5.97 Å². The standard InChI is InChI=1S/C10H10N2O4/c11-4-7-16-8-2-1-5-12(10(8)15)6-3-9(13)14/h1-2,5H,3,6-7H2,(H,13,14). The number of hydrogen-bond acceptors (Lipinski definition) is 4. The van der Waals surface area contributed by atoms with Crippen LogP contribution in [0.25, 0.3) is 0 Å². The van der Waals surface area contributed by atoms with E-state index < -0.39 is 11.5 Å². The number of pyridine rings is 1. The summed E-state index contributed by atoms with van der Waals surface area (Å²) in [5.74, 6) is -0.926. The van der Waals surface area contributed by atoms with Crippen LogP contribution in [-0.2, 0) is 11.3 Å². The maximum atomic E-state index is 11.6. The van der Waals surface area contributed by atoms with Crippen LogP contribution in [0.1, 0.15) is 6.42 Å². The number of carboxylic acid groups (broad SMARTS) is 1. The van der Waals surface area contributed by atoms with Crippen LogP contribution in [0.4, 0.5) is 0 Å². The van der Waals surface area contributed by atoms with E-state index in [1.165, 1.54) is 16.8 Å². The fourth-order valence-electron chi connectivity index (χ4n) is 1.13. The van der Waals surface area contributed by atoms with Gasteiger partial charge in [0.05, 0.1) is 6.42 Å². The molecule has 1 N–H and O–H groups in total. The summed E-state index contributed by atoms with van der Waals surface area (Å²) in [6, 6.07) is 4.76. The first kappa shape index (κ1) is 11.8. The first-order valence-corrected chi connectivity index (χ1v) is 4.56. The Kier molecular flexibility index (Phi) is 4.09. The van der Waals surface area contributed by atoms with Gasteiger partial charge >= 0.3 is 5.97 Å². The van der Waals surface area contributed by atoms with Crippen LogP contribution < -0.4 is 10.3 Å². The highest BCUT2D eigenvalue weighted by atomic mass is 16.5. The highest BCUT2D eigenvalue weighted by molar-refractivity contribution is 5.66. The highest BCUT2D eigenvalue weighted by Crippen LogP contribution is 2.01. The lowest BCUT2D eigenvalue weighted by Crippen LogP contribution is -2.22. The van der Waals surface area contributed by atoms with Crippen LogP contribution in [0.15, 0.2) is 23.1 Å². The summed E-state index contributed by atoms with van der Waals surface area (Å²) >= 11 is 0. The number of aromatic nitrogens is 1. The zero-order chi connectivity index (χ0) is 12.0. The average Bonchev–Trinajstić information content (AvgIpc) is 2.26. The second kappa shape index (κ2) is 5.56. The molecule has 1 rings (SSSR count). The van der Waals surface area contributed by atoms with Crippen molar-refractivity contribution in [2.24, 2.45) is 0 Å². The van der Waals surface area contributed by atoms with Crippen molar-refractivity contribution < 1.29 is 14.6 Å². The third-order valence-electron chi connectivity index (χ3n) is 1.84. The second-order valence-corrected chi connectivity index (χ2v) is 2.96. The van der Waals surface area contributed by atoms with Gasteiger partial charge in [-0.2, -0.15) is 5.26 Å². The zero-order valence-electron chi connectivity index (χ0n) is 8.42. The summed E-state index contributed by atoms with van der Waals surface area (Å²) in [5.41, 5.74) is -0.431. The number of hydrogen-bond donors (Lipinski definition) is 1. The summed E-state index contributed by atoms with van der Waals surface area (Å²) < 4.78 is 6.13. The quantitative estimate of drug-likeness (QED) is 0.769. The van der Waals surface area contributed by atoms with E-state index in [9.17, 15) is 9.59 Å². The van der Waals surface area contributed by atoms with Crippen LogP contribution in [0, 0.1) is 11.3 Å². The van der Waals surface area contributed by atoms with Crippen molar-refractivity contribution in [1.29, 1.82) is 5.26 Å². The SMILES string of the molecule is N#CCOc1cccn(CCC(=O)O)c1=O. The van der Waals surface area contributed by atoms with Gasteiger partial charge in [-0.3, -0.25) is 9.59 Å². The van der Waals surface area contributed by atoms with Crippen LogP contribution in [0.5, 0.6) is 5.75 Å². The number of nitrogens with zero attached hydrogens (tertiary/aromatic N) is 2. The van der Waals surface area contributed by atoms with Crippen molar-refractivity contribution in [3.63, 3.8) is 0 Å². The van der Waals surface area contributed by atoms with Crippen LogP contribution >= 0.6 is 0 Å². The minimum absolute atomic E-state index is 0.0504. The summed E-state index contributed by atoms with van der Waals surface area (Å²) in [6.07, 6.45) is 1.34. The molecule has 0 atom stereocenters. The third-order valence-corrected chi connectivity index (χ3v) is 1.84. The monoisotopic (exact) mass is 222 g/mol. The molecule has 84 valence electrons. The number of carbonyl (C=O) groups is 1. The molecule has 0 saturated heterocycles. The fraction of sp³-hybridized carbons (Fsp3) is 0.300. The van der Waals surface area contributed by atoms with Crippen molar-refractivity contribution in [2.75, 3.05) is 6.61 Å². The molecule has 0 bridgehead atoms. The Morgan fingerprint density at radius 2 is 2.38 bits per heavy atom. The van der Waals surface area contributed by atoms with Crippen LogP contribution in [-0.4, -0.2) is 22.2 Å². The predicted molar refractivity (Wildman–Crippen MR) is 54.1 cm³/mol. The first-order valence-electron chi connectivity index (χ1n) is 4.56. The second-order valence-electron chi connectivity index (χ2n) is 2.96. The largest absolute Gasteiger partial charge is 0.481 e. The van der Waals surface area contributed by atoms with Crippen LogP contribution in [0.2, 0.25) is 0 Å². The minimum Gasteiger partial charge on any atom is -0.481 e. The average molecular weight is 222 g/mol. The maximum absolute atomic E-state index is 11.6. The normalized spacial score (nSPS) is 9.44. The molecule has 1 aromatic rings. The Hall–Kier alpha value is -2.29. The van der Waals surface area contributed by atoms with Gasteiger partial charge in [-0.05, 0) is 12.1 Å². The van der Waals surface area contributed by atoms with Gasteiger partial charge in [0.15, 0.2) is 12.4 Å². The smallest absolute Gasteiger partial charge is 0.305 e. The Morgan fingerprint density at radius 1 is 1.62 bits per heavy atom. The van der Waals surface area contributed by atoms with Gasteiger partial charge in [-0.25, -0.2) is 0 Å². The minimum atomic E-state index is -0.977. The number of rotatable bonds is 5. The fourth-order valence-corrected chi connectivity index (χ4v) is 1.13. The molecule has 0 saturated carbocycles. The number of carboxylic acids is 1. The number of ether oxygens (including phenoxy) is 1. The van der Waals surface area contributed by atoms with Gasteiger partial charge in [0.1, 0.15) is 6.07 Å². The molecular weight excluding hydrogens is 212 g/mol. The van der Waals surface area contributed by atoms with Crippen LogP contribution in [0.3, 0.4) is 0 Å². The molecule has 16 heavy (non-hydrogen) atoms. The zero-order valence-corrected chi connectivity index (χ0v) is 8.42. The number of aliphatic carboxylic acids is 1. The summed E-state index contributed by atoms with van der Waals surface area (Å²) in [4.78, 5) is 22.0. The number of nitriles is 1. The maximum Gasteiger partial charge on any atom is 0.305 e. The molecule has 0 spiro atoms. The number of aryl methyl sites for hydroxylation is 1.